The van der Waals surface area contributed by atoms with E-state index in [4.69, 9.17) is 16.3 Å². The molecule has 2 aromatic carbocycles. The third-order valence-electron chi connectivity index (χ3n) is 3.55. The first kappa shape index (κ1) is 14.6. The molecule has 0 atom stereocenters. The van der Waals surface area contributed by atoms with Crippen LogP contribution in [0.1, 0.15) is 12.7 Å². The number of rotatable bonds is 3. The van der Waals surface area contributed by atoms with Crippen molar-refractivity contribution in [3.63, 3.8) is 0 Å². The number of aryl methyl sites for hydroxylation is 1. The fourth-order valence-electron chi connectivity index (χ4n) is 2.52. The van der Waals surface area contributed by atoms with Gasteiger partial charge in [-0.05, 0) is 36.4 Å². The van der Waals surface area contributed by atoms with Crippen molar-refractivity contribution in [1.82, 2.24) is 9.55 Å². The van der Waals surface area contributed by atoms with Crippen LogP contribution in [0.4, 0.5) is 0 Å². The zero-order valence-electron chi connectivity index (χ0n) is 12.3. The summed E-state index contributed by atoms with van der Waals surface area (Å²) >= 11 is 6.10. The van der Waals surface area contributed by atoms with E-state index in [1.54, 1.807) is 13.2 Å². The molecule has 1 aromatic heterocycles. The first-order valence-electron chi connectivity index (χ1n) is 6.99. The van der Waals surface area contributed by atoms with Gasteiger partial charge in [0.05, 0.1) is 18.0 Å². The number of benzene rings is 2. The molecule has 0 amide bonds. The first-order chi connectivity index (χ1) is 10.6. The summed E-state index contributed by atoms with van der Waals surface area (Å²) in [5, 5.41) is 1.16. The van der Waals surface area contributed by atoms with Crippen molar-refractivity contribution in [2.75, 3.05) is 7.11 Å². The molecule has 3 aromatic rings. The van der Waals surface area contributed by atoms with Gasteiger partial charge in [0.1, 0.15) is 11.6 Å². The molecule has 5 heteroatoms. The van der Waals surface area contributed by atoms with Crippen LogP contribution in [-0.2, 0) is 6.42 Å². The van der Waals surface area contributed by atoms with Crippen LogP contribution in [0.5, 0.6) is 5.75 Å². The van der Waals surface area contributed by atoms with E-state index in [1.807, 2.05) is 47.9 Å². The number of hydrogen-bond acceptors (Lipinski definition) is 3. The van der Waals surface area contributed by atoms with Gasteiger partial charge in [-0.3, -0.25) is 9.36 Å². The maximum atomic E-state index is 12.3. The predicted octanol–water partition coefficient (Wildman–Crippen LogP) is 3.61. The molecule has 0 saturated heterocycles. The second-order valence-corrected chi connectivity index (χ2v) is 5.32. The highest BCUT2D eigenvalue weighted by atomic mass is 35.5. The lowest BCUT2D eigenvalue weighted by Gasteiger charge is -2.15. The molecule has 22 heavy (non-hydrogen) atoms. The number of hydrogen-bond donors (Lipinski definition) is 0. The van der Waals surface area contributed by atoms with Crippen molar-refractivity contribution < 1.29 is 4.74 Å². The topological polar surface area (TPSA) is 44.1 Å². The molecule has 0 saturated carbocycles. The Labute approximate surface area is 132 Å². The highest BCUT2D eigenvalue weighted by molar-refractivity contribution is 6.30. The van der Waals surface area contributed by atoms with E-state index in [9.17, 15) is 4.79 Å². The smallest absolute Gasteiger partial charge is 0.280 e. The quantitative estimate of drug-likeness (QED) is 0.742. The maximum absolute atomic E-state index is 12.3. The second kappa shape index (κ2) is 5.81. The molecule has 4 nitrogen and oxygen atoms in total. The Bertz CT molecular complexity index is 903. The van der Waals surface area contributed by atoms with Crippen LogP contribution in [0, 0.1) is 0 Å². The lowest BCUT2D eigenvalue weighted by atomic mass is 10.2. The molecule has 0 aliphatic rings. The van der Waals surface area contributed by atoms with Gasteiger partial charge in [0.2, 0.25) is 0 Å². The average Bonchev–Trinajstić information content (AvgIpc) is 2.54. The van der Waals surface area contributed by atoms with E-state index in [1.165, 1.54) is 0 Å². The lowest BCUT2D eigenvalue weighted by Crippen LogP contribution is -2.17. The molecular formula is C17H15ClN2O2. The van der Waals surface area contributed by atoms with Crippen molar-refractivity contribution in [1.29, 1.82) is 0 Å². The van der Waals surface area contributed by atoms with Gasteiger partial charge in [0, 0.05) is 17.1 Å². The number of nitrogens with zero attached hydrogens (tertiary/aromatic N) is 2. The molecule has 0 bridgehead atoms. The van der Waals surface area contributed by atoms with E-state index < -0.39 is 0 Å². The van der Waals surface area contributed by atoms with Gasteiger partial charge < -0.3 is 4.74 Å². The number of aromatic nitrogens is 2. The van der Waals surface area contributed by atoms with Crippen LogP contribution in [0.25, 0.3) is 16.6 Å². The first-order valence-corrected chi connectivity index (χ1v) is 7.37. The zero-order chi connectivity index (χ0) is 15.7. The van der Waals surface area contributed by atoms with Crippen LogP contribution in [0.15, 0.2) is 47.3 Å². The third kappa shape index (κ3) is 2.46. The van der Waals surface area contributed by atoms with Crippen molar-refractivity contribution in [3.8, 4) is 11.4 Å². The Morgan fingerprint density at radius 2 is 2.05 bits per heavy atom. The van der Waals surface area contributed by atoms with Gasteiger partial charge >= 0.3 is 0 Å². The van der Waals surface area contributed by atoms with E-state index in [-0.39, 0.29) is 5.56 Å². The van der Waals surface area contributed by atoms with E-state index >= 15 is 0 Å². The predicted molar refractivity (Wildman–Crippen MR) is 88.3 cm³/mol. The van der Waals surface area contributed by atoms with Crippen molar-refractivity contribution >= 4 is 22.5 Å². The maximum Gasteiger partial charge on any atom is 0.280 e. The van der Waals surface area contributed by atoms with Crippen LogP contribution in [-0.4, -0.2) is 16.7 Å². The minimum absolute atomic E-state index is 0.246. The second-order valence-electron chi connectivity index (χ2n) is 4.89. The summed E-state index contributed by atoms with van der Waals surface area (Å²) in [6, 6.07) is 12.9. The lowest BCUT2D eigenvalue weighted by molar-refractivity contribution is 0.415. The Balaban J connectivity index is 2.41. The number of fused-ring (bicyclic) bond motifs is 1. The van der Waals surface area contributed by atoms with Crippen LogP contribution < -0.4 is 10.3 Å². The Kier molecular flexibility index (Phi) is 3.86. The van der Waals surface area contributed by atoms with Gasteiger partial charge in [0.25, 0.3) is 5.56 Å². The standard InChI is InChI=1S/C17H15ClN2O2/c1-3-16-19-17(21)14-10-13(22-2)7-8-15(14)20(16)12-6-4-5-11(18)9-12/h4-10H,3H2,1-2H3. The molecule has 0 aliphatic heterocycles. The Hall–Kier alpha value is -2.33. The molecule has 0 fully saturated rings. The van der Waals surface area contributed by atoms with Crippen LogP contribution >= 0.6 is 11.6 Å². The summed E-state index contributed by atoms with van der Waals surface area (Å²) in [6.45, 7) is 1.97. The number of methoxy groups -OCH3 is 1. The molecule has 1 heterocycles. The van der Waals surface area contributed by atoms with Gasteiger partial charge in [-0.15, -0.1) is 0 Å². The summed E-state index contributed by atoms with van der Waals surface area (Å²) in [7, 11) is 1.57. The molecule has 0 unspecified atom stereocenters. The zero-order valence-corrected chi connectivity index (χ0v) is 13.1. The third-order valence-corrected chi connectivity index (χ3v) is 3.78. The van der Waals surface area contributed by atoms with Crippen molar-refractivity contribution in [3.05, 3.63) is 63.7 Å². The Morgan fingerprint density at radius 3 is 2.73 bits per heavy atom. The highest BCUT2D eigenvalue weighted by Crippen LogP contribution is 2.24. The molecule has 3 rings (SSSR count). The van der Waals surface area contributed by atoms with Gasteiger partial charge in [0.15, 0.2) is 0 Å². The molecule has 0 radical (unpaired) electrons. The van der Waals surface area contributed by atoms with Crippen LogP contribution in [0.3, 0.4) is 0 Å². The summed E-state index contributed by atoms with van der Waals surface area (Å²) in [5.41, 5.74) is 1.43. The largest absolute Gasteiger partial charge is 0.497 e. The normalized spacial score (nSPS) is 10.9. The van der Waals surface area contributed by atoms with E-state index in [0.717, 1.165) is 11.2 Å². The summed E-state index contributed by atoms with van der Waals surface area (Å²) in [6.07, 6.45) is 0.643. The molecular weight excluding hydrogens is 300 g/mol. The van der Waals surface area contributed by atoms with E-state index in [0.29, 0.717) is 28.4 Å². The highest BCUT2D eigenvalue weighted by Gasteiger charge is 2.12. The fraction of sp³-hybridized carbons (Fsp3) is 0.176. The summed E-state index contributed by atoms with van der Waals surface area (Å²) < 4.78 is 7.16. The molecule has 0 aliphatic carbocycles. The molecule has 0 spiro atoms. The molecule has 0 N–H and O–H groups in total. The van der Waals surface area contributed by atoms with Crippen LogP contribution in [0.2, 0.25) is 5.02 Å². The number of ether oxygens (including phenoxy) is 1. The Morgan fingerprint density at radius 1 is 1.23 bits per heavy atom. The summed E-state index contributed by atoms with van der Waals surface area (Å²) in [5.74, 6) is 1.33. The molecule has 112 valence electrons. The minimum atomic E-state index is -0.246. The SMILES string of the molecule is CCc1nc(=O)c2cc(OC)ccc2n1-c1cccc(Cl)c1. The van der Waals surface area contributed by atoms with Gasteiger partial charge in [-0.1, -0.05) is 24.6 Å². The fourth-order valence-corrected chi connectivity index (χ4v) is 2.70. The number of halogens is 1. The monoisotopic (exact) mass is 314 g/mol. The van der Waals surface area contributed by atoms with E-state index in [2.05, 4.69) is 4.98 Å². The van der Waals surface area contributed by atoms with Gasteiger partial charge in [-0.2, -0.15) is 4.98 Å². The average molecular weight is 315 g/mol. The minimum Gasteiger partial charge on any atom is -0.497 e. The van der Waals surface area contributed by atoms with Crippen molar-refractivity contribution in [2.45, 2.75) is 13.3 Å². The summed E-state index contributed by atoms with van der Waals surface area (Å²) in [4.78, 5) is 16.5. The van der Waals surface area contributed by atoms with Crippen molar-refractivity contribution in [2.24, 2.45) is 0 Å². The van der Waals surface area contributed by atoms with Gasteiger partial charge in [-0.25, -0.2) is 0 Å².